The lowest BCUT2D eigenvalue weighted by Gasteiger charge is -2.39. The number of halogens is 1. The molecule has 0 radical (unpaired) electrons. The molecule has 2 aliphatic heterocycles. The van der Waals surface area contributed by atoms with Gasteiger partial charge in [0.25, 0.3) is 5.56 Å². The number of ether oxygens (including phenoxy) is 2. The van der Waals surface area contributed by atoms with Gasteiger partial charge in [0.1, 0.15) is 17.1 Å². The van der Waals surface area contributed by atoms with Crippen molar-refractivity contribution in [2.75, 3.05) is 26.2 Å². The van der Waals surface area contributed by atoms with Gasteiger partial charge in [-0.15, -0.1) is 0 Å². The fourth-order valence-corrected chi connectivity index (χ4v) is 5.54. The summed E-state index contributed by atoms with van der Waals surface area (Å²) < 4.78 is 14.7. The highest BCUT2D eigenvalue weighted by molar-refractivity contribution is 6.31. The van der Waals surface area contributed by atoms with E-state index in [4.69, 9.17) is 21.1 Å². The molecule has 0 bridgehead atoms. The summed E-state index contributed by atoms with van der Waals surface area (Å²) in [6.45, 7) is 9.87. The fourth-order valence-electron chi connectivity index (χ4n) is 5.26. The van der Waals surface area contributed by atoms with E-state index >= 15 is 0 Å². The Morgan fingerprint density at radius 2 is 1.95 bits per heavy atom. The number of rotatable bonds is 4. The molecule has 0 aliphatic carbocycles. The number of amides is 1. The lowest BCUT2D eigenvalue weighted by Crippen LogP contribution is -2.48. The third-order valence-electron chi connectivity index (χ3n) is 7.27. The Morgan fingerprint density at radius 3 is 2.62 bits per heavy atom. The van der Waals surface area contributed by atoms with Crippen molar-refractivity contribution in [2.24, 2.45) is 0 Å². The molecule has 5 rings (SSSR count). The van der Waals surface area contributed by atoms with Gasteiger partial charge in [-0.3, -0.25) is 18.8 Å². The van der Waals surface area contributed by atoms with E-state index in [0.29, 0.717) is 55.3 Å². The van der Waals surface area contributed by atoms with Crippen LogP contribution in [0.3, 0.4) is 0 Å². The second-order valence-corrected chi connectivity index (χ2v) is 12.0. The molecule has 39 heavy (non-hydrogen) atoms. The van der Waals surface area contributed by atoms with Crippen LogP contribution in [0.2, 0.25) is 5.15 Å². The summed E-state index contributed by atoms with van der Waals surface area (Å²) >= 11 is 6.60. The Bertz CT molecular complexity index is 1400. The number of hydrogen-bond donors (Lipinski definition) is 2. The van der Waals surface area contributed by atoms with Crippen molar-refractivity contribution in [1.29, 1.82) is 0 Å². The number of carbonyl (C=O) groups is 1. The van der Waals surface area contributed by atoms with Gasteiger partial charge in [-0.1, -0.05) is 23.7 Å². The van der Waals surface area contributed by atoms with Crippen LogP contribution < -0.4 is 10.9 Å². The van der Waals surface area contributed by atoms with Gasteiger partial charge in [-0.25, -0.2) is 9.78 Å². The van der Waals surface area contributed by atoms with Gasteiger partial charge in [0, 0.05) is 5.69 Å². The molecular weight excluding hydrogens is 522 g/mol. The van der Waals surface area contributed by atoms with Gasteiger partial charge in [0.2, 0.25) is 0 Å². The molecule has 2 N–H and O–H groups in total. The summed E-state index contributed by atoms with van der Waals surface area (Å²) in [7, 11) is 0. The zero-order chi connectivity index (χ0) is 27.9. The van der Waals surface area contributed by atoms with E-state index in [1.54, 1.807) is 15.5 Å². The van der Waals surface area contributed by atoms with Gasteiger partial charge in [-0.05, 0) is 77.4 Å². The van der Waals surface area contributed by atoms with Gasteiger partial charge in [0.15, 0.2) is 5.65 Å². The second kappa shape index (κ2) is 10.6. The highest BCUT2D eigenvalue weighted by atomic mass is 35.5. The number of aliphatic hydroxyl groups is 1. The van der Waals surface area contributed by atoms with Crippen LogP contribution >= 0.6 is 11.6 Å². The third-order valence-corrected chi connectivity index (χ3v) is 7.55. The van der Waals surface area contributed by atoms with Crippen molar-refractivity contribution in [3.05, 3.63) is 57.7 Å². The van der Waals surface area contributed by atoms with Crippen LogP contribution in [0.15, 0.2) is 41.5 Å². The number of nitrogens with one attached hydrogen (secondary N) is 1. The number of fused-ring (bicyclic) bond motifs is 1. The summed E-state index contributed by atoms with van der Waals surface area (Å²) in [5, 5.41) is 14.9. The molecule has 3 aromatic rings. The molecule has 10 nitrogen and oxygen atoms in total. The van der Waals surface area contributed by atoms with Crippen LogP contribution in [0, 0.1) is 0 Å². The van der Waals surface area contributed by atoms with Crippen molar-refractivity contribution in [2.45, 2.75) is 70.4 Å². The fraction of sp³-hybridized carbons (Fsp3) is 0.536. The SMILES string of the molecule is C[C@H]1CN(C(=O)OC(C)(C)C)[C@H](c2ccc(-n3c(Cl)cc4c(=O)n(CC5(O)CCNCC5)cnc43)cc2)CO1. The zero-order valence-corrected chi connectivity index (χ0v) is 23.6. The summed E-state index contributed by atoms with van der Waals surface area (Å²) in [6.07, 6.45) is 2.15. The Kier molecular flexibility index (Phi) is 7.49. The number of hydrogen-bond acceptors (Lipinski definition) is 7. The van der Waals surface area contributed by atoms with Gasteiger partial charge >= 0.3 is 6.09 Å². The number of aromatic nitrogens is 3. The molecule has 2 aromatic heterocycles. The molecule has 0 unspecified atom stereocenters. The maximum Gasteiger partial charge on any atom is 0.410 e. The Labute approximate surface area is 232 Å². The van der Waals surface area contributed by atoms with E-state index < -0.39 is 11.2 Å². The standard InChI is InChI=1S/C28H36ClN5O5/c1-18-14-33(26(36)39-27(2,3)4)22(15-38-18)19-5-7-20(8-6-19)34-23(29)13-21-24(34)31-17-32(25(21)35)16-28(37)9-11-30-12-10-28/h5-8,13,17-18,22,30,37H,9-12,14-16H2,1-4H3/t18-,22-/m0/s1. The maximum atomic E-state index is 13.3. The molecule has 1 aromatic carbocycles. The van der Waals surface area contributed by atoms with Crippen LogP contribution in [0.5, 0.6) is 0 Å². The minimum absolute atomic E-state index is 0.0938. The topological polar surface area (TPSA) is 111 Å². The van der Waals surface area contributed by atoms with E-state index in [1.165, 1.54) is 10.9 Å². The third kappa shape index (κ3) is 5.84. The summed E-state index contributed by atoms with van der Waals surface area (Å²) in [5.74, 6) is 0. The molecule has 11 heteroatoms. The first-order chi connectivity index (χ1) is 18.4. The molecule has 2 atom stereocenters. The average molecular weight is 558 g/mol. The van der Waals surface area contributed by atoms with E-state index in [9.17, 15) is 14.7 Å². The Hall–Kier alpha value is -2.92. The van der Waals surface area contributed by atoms with Crippen molar-refractivity contribution in [1.82, 2.24) is 24.3 Å². The predicted molar refractivity (Wildman–Crippen MR) is 148 cm³/mol. The molecule has 2 fully saturated rings. The smallest absolute Gasteiger partial charge is 0.410 e. The first-order valence-electron chi connectivity index (χ1n) is 13.4. The first-order valence-corrected chi connectivity index (χ1v) is 13.7. The molecule has 210 valence electrons. The minimum Gasteiger partial charge on any atom is -0.444 e. The lowest BCUT2D eigenvalue weighted by atomic mass is 9.92. The average Bonchev–Trinajstić information content (AvgIpc) is 3.22. The maximum absolute atomic E-state index is 13.3. The van der Waals surface area contributed by atoms with Gasteiger partial charge in [-0.2, -0.15) is 0 Å². The van der Waals surface area contributed by atoms with Crippen molar-refractivity contribution < 1.29 is 19.4 Å². The monoisotopic (exact) mass is 557 g/mol. The van der Waals surface area contributed by atoms with E-state index in [0.717, 1.165) is 11.3 Å². The summed E-state index contributed by atoms with van der Waals surface area (Å²) in [6, 6.07) is 8.94. The van der Waals surface area contributed by atoms with Gasteiger partial charge in [0.05, 0.1) is 42.8 Å². The molecule has 0 spiro atoms. The molecule has 2 aliphatic rings. The number of piperidine rings is 1. The normalized spacial score (nSPS) is 21.7. The number of morpholine rings is 1. The summed E-state index contributed by atoms with van der Waals surface area (Å²) in [5.41, 5.74) is 0.280. The largest absolute Gasteiger partial charge is 0.444 e. The van der Waals surface area contributed by atoms with Gasteiger partial charge < -0.3 is 19.9 Å². The molecular formula is C28H36ClN5O5. The van der Waals surface area contributed by atoms with E-state index in [1.807, 2.05) is 52.0 Å². The van der Waals surface area contributed by atoms with Crippen molar-refractivity contribution in [3.8, 4) is 5.69 Å². The van der Waals surface area contributed by atoms with Crippen LogP contribution in [0.25, 0.3) is 16.7 Å². The number of carbonyl (C=O) groups excluding carboxylic acids is 1. The van der Waals surface area contributed by atoms with E-state index in [-0.39, 0.29) is 30.3 Å². The molecule has 2 saturated heterocycles. The minimum atomic E-state index is -0.944. The van der Waals surface area contributed by atoms with Crippen molar-refractivity contribution in [3.63, 3.8) is 0 Å². The quantitative estimate of drug-likeness (QED) is 0.504. The Morgan fingerprint density at radius 1 is 1.26 bits per heavy atom. The lowest BCUT2D eigenvalue weighted by molar-refractivity contribution is -0.0644. The second-order valence-electron chi connectivity index (χ2n) is 11.6. The number of benzene rings is 1. The molecule has 0 saturated carbocycles. The highest BCUT2D eigenvalue weighted by Gasteiger charge is 2.35. The van der Waals surface area contributed by atoms with Crippen LogP contribution in [-0.4, -0.2) is 73.8 Å². The van der Waals surface area contributed by atoms with Crippen LogP contribution in [0.4, 0.5) is 4.79 Å². The van der Waals surface area contributed by atoms with Crippen LogP contribution in [-0.2, 0) is 16.0 Å². The predicted octanol–water partition coefficient (Wildman–Crippen LogP) is 3.65. The van der Waals surface area contributed by atoms with E-state index in [2.05, 4.69) is 10.3 Å². The molecule has 1 amide bonds. The molecule has 4 heterocycles. The Balaban J connectivity index is 1.42. The number of nitrogens with zero attached hydrogens (tertiary/aromatic N) is 4. The summed E-state index contributed by atoms with van der Waals surface area (Å²) in [4.78, 5) is 32.5. The zero-order valence-electron chi connectivity index (χ0n) is 22.8. The van der Waals surface area contributed by atoms with Crippen molar-refractivity contribution >= 4 is 28.7 Å². The first kappa shape index (κ1) is 27.6. The van der Waals surface area contributed by atoms with Crippen LogP contribution in [0.1, 0.15) is 52.1 Å². The highest BCUT2D eigenvalue weighted by Crippen LogP contribution is 2.31.